The Morgan fingerprint density at radius 2 is 1.58 bits per heavy atom. The predicted octanol–water partition coefficient (Wildman–Crippen LogP) is 5.11. The van der Waals surface area contributed by atoms with Gasteiger partial charge in [-0.25, -0.2) is 0 Å². The number of nitro benzene ring substituents is 1. The molecule has 2 aliphatic carbocycles. The number of nitro groups is 1. The fourth-order valence-corrected chi connectivity index (χ4v) is 5.01. The van der Waals surface area contributed by atoms with E-state index < -0.39 is 27.6 Å². The highest BCUT2D eigenvalue weighted by molar-refractivity contribution is 6.32. The number of ketones is 3. The molecule has 31 heavy (non-hydrogen) atoms. The molecule has 0 heterocycles. The second-order valence-electron chi connectivity index (χ2n) is 10.2. The predicted molar refractivity (Wildman–Crippen MR) is 115 cm³/mol. The largest absolute Gasteiger partial charge is 0.512 e. The Labute approximate surface area is 185 Å². The van der Waals surface area contributed by atoms with Crippen LogP contribution in [-0.2, 0) is 14.4 Å². The van der Waals surface area contributed by atoms with Crippen molar-refractivity contribution in [2.75, 3.05) is 0 Å². The number of allylic oxidation sites excluding steroid dienone is 2. The molecule has 0 radical (unpaired) electrons. The van der Waals surface area contributed by atoms with Crippen LogP contribution in [-0.4, -0.2) is 27.4 Å². The molecule has 0 spiro atoms. The molecule has 2 aliphatic rings. The third-order valence-corrected chi connectivity index (χ3v) is 6.39. The molecule has 166 valence electrons. The van der Waals surface area contributed by atoms with Gasteiger partial charge in [-0.2, -0.15) is 0 Å². The van der Waals surface area contributed by atoms with Gasteiger partial charge in [-0.15, -0.1) is 0 Å². The van der Waals surface area contributed by atoms with Crippen LogP contribution in [0.2, 0.25) is 5.02 Å². The van der Waals surface area contributed by atoms with Gasteiger partial charge in [0.05, 0.1) is 10.8 Å². The summed E-state index contributed by atoms with van der Waals surface area (Å²) in [4.78, 5) is 50.1. The van der Waals surface area contributed by atoms with Crippen molar-refractivity contribution >= 4 is 34.6 Å². The van der Waals surface area contributed by atoms with E-state index in [1.54, 1.807) is 0 Å². The number of aliphatic hydroxyl groups excluding tert-OH is 1. The lowest BCUT2D eigenvalue weighted by Crippen LogP contribution is -2.43. The molecule has 1 atom stereocenters. The molecular formula is C23H26ClNO6. The molecule has 8 heteroatoms. The van der Waals surface area contributed by atoms with Crippen molar-refractivity contribution in [3.8, 4) is 0 Å². The molecule has 3 rings (SSSR count). The van der Waals surface area contributed by atoms with Crippen LogP contribution >= 0.6 is 11.6 Å². The van der Waals surface area contributed by atoms with E-state index in [1.807, 2.05) is 27.7 Å². The molecule has 7 nitrogen and oxygen atoms in total. The van der Waals surface area contributed by atoms with Gasteiger partial charge in [-0.1, -0.05) is 45.4 Å². The maximum Gasteiger partial charge on any atom is 0.288 e. The van der Waals surface area contributed by atoms with Crippen LogP contribution < -0.4 is 0 Å². The van der Waals surface area contributed by atoms with Crippen molar-refractivity contribution in [3.05, 3.63) is 50.2 Å². The molecule has 0 unspecified atom stereocenters. The molecule has 1 N–H and O–H groups in total. The van der Waals surface area contributed by atoms with Crippen molar-refractivity contribution in [3.63, 3.8) is 0 Å². The second kappa shape index (κ2) is 7.86. The Bertz CT molecular complexity index is 1000. The summed E-state index contributed by atoms with van der Waals surface area (Å²) in [6.07, 6.45) is 0.632. The zero-order valence-corrected chi connectivity index (χ0v) is 18.8. The van der Waals surface area contributed by atoms with Gasteiger partial charge < -0.3 is 5.11 Å². The molecule has 1 aromatic rings. The minimum absolute atomic E-state index is 0.00218. The standard InChI is InChI=1S/C23H26ClNO6/c1-22(2)8-15(26)20(16(27)9-22)19(12-5-6-13(24)14(7-12)25(30)31)21-17(28)10-23(3,4)11-18(21)29/h5-7,19-20,28H,8-11H2,1-4H3/t19-/m0/s1. The van der Waals surface area contributed by atoms with E-state index in [0.29, 0.717) is 0 Å². The summed E-state index contributed by atoms with van der Waals surface area (Å²) in [5, 5.41) is 22.2. The van der Waals surface area contributed by atoms with Crippen LogP contribution in [0.3, 0.4) is 0 Å². The van der Waals surface area contributed by atoms with E-state index in [9.17, 15) is 29.6 Å². The van der Waals surface area contributed by atoms with Gasteiger partial charge in [-0.3, -0.25) is 24.5 Å². The van der Waals surface area contributed by atoms with E-state index in [0.717, 1.165) is 0 Å². The van der Waals surface area contributed by atoms with Crippen molar-refractivity contribution in [2.24, 2.45) is 16.7 Å². The Morgan fingerprint density at radius 1 is 1.03 bits per heavy atom. The molecule has 0 aromatic heterocycles. The summed E-state index contributed by atoms with van der Waals surface area (Å²) in [7, 11) is 0. The van der Waals surface area contributed by atoms with Gasteiger partial charge in [0.1, 0.15) is 22.3 Å². The van der Waals surface area contributed by atoms with Crippen LogP contribution in [0.4, 0.5) is 5.69 Å². The number of aliphatic hydroxyl groups is 1. The monoisotopic (exact) mass is 447 g/mol. The zero-order chi connectivity index (χ0) is 23.3. The fourth-order valence-electron chi connectivity index (χ4n) is 4.82. The first-order valence-corrected chi connectivity index (χ1v) is 10.5. The number of halogens is 1. The number of Topliss-reactive ketones (excluding diaryl/α,β-unsaturated/α-hetero) is 3. The number of hydrogen-bond donors (Lipinski definition) is 1. The Kier molecular flexibility index (Phi) is 5.86. The van der Waals surface area contributed by atoms with Gasteiger partial charge in [0.2, 0.25) is 0 Å². The second-order valence-corrected chi connectivity index (χ2v) is 10.6. The maximum absolute atomic E-state index is 13.1. The number of hydrogen-bond acceptors (Lipinski definition) is 6. The lowest BCUT2D eigenvalue weighted by atomic mass is 9.62. The van der Waals surface area contributed by atoms with Crippen LogP contribution in [0, 0.1) is 26.9 Å². The first-order valence-electron chi connectivity index (χ1n) is 10.2. The molecular weight excluding hydrogens is 422 g/mol. The minimum atomic E-state index is -1.18. The third kappa shape index (κ3) is 4.56. The van der Waals surface area contributed by atoms with Gasteiger partial charge in [-0.05, 0) is 22.5 Å². The van der Waals surface area contributed by atoms with Crippen LogP contribution in [0.5, 0.6) is 0 Å². The normalized spacial score (nSPS) is 22.5. The zero-order valence-electron chi connectivity index (χ0n) is 18.0. The highest BCUT2D eigenvalue weighted by Gasteiger charge is 2.48. The lowest BCUT2D eigenvalue weighted by molar-refractivity contribution is -0.384. The highest BCUT2D eigenvalue weighted by atomic mass is 35.5. The van der Waals surface area contributed by atoms with Crippen molar-refractivity contribution in [1.29, 1.82) is 0 Å². The third-order valence-electron chi connectivity index (χ3n) is 6.07. The highest BCUT2D eigenvalue weighted by Crippen LogP contribution is 2.48. The van der Waals surface area contributed by atoms with Gasteiger partial charge >= 0.3 is 0 Å². The Hall–Kier alpha value is -2.54. The molecule has 0 bridgehead atoms. The number of rotatable bonds is 4. The van der Waals surface area contributed by atoms with Gasteiger partial charge in [0.25, 0.3) is 5.69 Å². The molecule has 1 aromatic carbocycles. The maximum atomic E-state index is 13.1. The molecule has 0 aliphatic heterocycles. The summed E-state index contributed by atoms with van der Waals surface area (Å²) in [6.45, 7) is 7.34. The summed E-state index contributed by atoms with van der Waals surface area (Å²) in [5.74, 6) is -3.47. The quantitative estimate of drug-likeness (QED) is 0.389. The average Bonchev–Trinajstić information content (AvgIpc) is 2.57. The summed E-state index contributed by atoms with van der Waals surface area (Å²) >= 11 is 5.95. The van der Waals surface area contributed by atoms with Crippen molar-refractivity contribution < 1.29 is 24.4 Å². The number of carbonyl (C=O) groups is 3. The summed E-state index contributed by atoms with van der Waals surface area (Å²) in [5.41, 5.74) is -1.11. The van der Waals surface area contributed by atoms with Crippen LogP contribution in [0.15, 0.2) is 29.5 Å². The van der Waals surface area contributed by atoms with Crippen LogP contribution in [0.25, 0.3) is 0 Å². The first kappa shape index (κ1) is 23.1. The van der Waals surface area contributed by atoms with E-state index in [2.05, 4.69) is 0 Å². The van der Waals surface area contributed by atoms with Crippen molar-refractivity contribution in [1.82, 2.24) is 0 Å². The van der Waals surface area contributed by atoms with E-state index in [1.165, 1.54) is 18.2 Å². The molecule has 1 fully saturated rings. The first-order chi connectivity index (χ1) is 14.2. The van der Waals surface area contributed by atoms with Gasteiger partial charge in [0.15, 0.2) is 5.78 Å². The van der Waals surface area contributed by atoms with Crippen LogP contribution in [0.1, 0.15) is 64.9 Å². The summed E-state index contributed by atoms with van der Waals surface area (Å²) in [6, 6.07) is 3.99. The summed E-state index contributed by atoms with van der Waals surface area (Å²) < 4.78 is 0. The minimum Gasteiger partial charge on any atom is -0.512 e. The SMILES string of the molecule is CC1(C)CC(=O)C([C@@H](C2=C(O)CC(C)(C)CC2=O)c2ccc(Cl)c([N+](=O)[O-])c2)C(=O)C1. The van der Waals surface area contributed by atoms with Gasteiger partial charge in [0, 0.05) is 43.2 Å². The Balaban J connectivity index is 2.22. The van der Waals surface area contributed by atoms with E-state index in [4.69, 9.17) is 11.6 Å². The van der Waals surface area contributed by atoms with Crippen molar-refractivity contribution in [2.45, 2.75) is 59.3 Å². The van der Waals surface area contributed by atoms with E-state index >= 15 is 0 Å². The lowest BCUT2D eigenvalue weighted by Gasteiger charge is -2.39. The smallest absolute Gasteiger partial charge is 0.288 e. The average molecular weight is 448 g/mol. The fraction of sp³-hybridized carbons (Fsp3) is 0.522. The topological polar surface area (TPSA) is 115 Å². The number of carbonyl (C=O) groups excluding carboxylic acids is 3. The molecule has 0 saturated heterocycles. The molecule has 1 saturated carbocycles. The Morgan fingerprint density at radius 3 is 2.10 bits per heavy atom. The number of nitrogens with zero attached hydrogens (tertiary/aromatic N) is 1. The van der Waals surface area contributed by atoms with E-state index in [-0.39, 0.29) is 70.6 Å². The molecule has 0 amide bonds. The number of benzene rings is 1.